The fourth-order valence-corrected chi connectivity index (χ4v) is 4.22. The Balaban J connectivity index is 1.49. The van der Waals surface area contributed by atoms with E-state index in [9.17, 15) is 14.7 Å². The largest absolute Gasteiger partial charge is 0.478 e. The summed E-state index contributed by atoms with van der Waals surface area (Å²) in [4.78, 5) is 28.4. The van der Waals surface area contributed by atoms with E-state index in [0.717, 1.165) is 15.6 Å². The van der Waals surface area contributed by atoms with Crippen LogP contribution in [0, 0.1) is 0 Å². The van der Waals surface area contributed by atoms with Crippen molar-refractivity contribution < 1.29 is 19.4 Å². The second-order valence-electron chi connectivity index (χ2n) is 6.28. The van der Waals surface area contributed by atoms with Crippen molar-refractivity contribution in [3.8, 4) is 5.75 Å². The van der Waals surface area contributed by atoms with Crippen LogP contribution in [0.25, 0.3) is 10.1 Å². The Labute approximate surface area is 180 Å². The minimum atomic E-state index is -1.04. The second kappa shape index (κ2) is 8.49. The number of fused-ring (bicyclic) bond motifs is 1. The van der Waals surface area contributed by atoms with Crippen molar-refractivity contribution in [2.45, 2.75) is 0 Å². The number of ether oxygens (including phenoxy) is 1. The number of esters is 1. The van der Waals surface area contributed by atoms with E-state index in [4.69, 9.17) is 16.3 Å². The molecule has 0 saturated heterocycles. The van der Waals surface area contributed by atoms with Gasteiger partial charge in [0.05, 0.1) is 16.3 Å². The monoisotopic (exact) mass is 435 g/mol. The third-order valence-electron chi connectivity index (χ3n) is 4.30. The summed E-state index contributed by atoms with van der Waals surface area (Å²) in [6.45, 7) is 0. The van der Waals surface area contributed by atoms with E-state index >= 15 is 0 Å². The van der Waals surface area contributed by atoms with Gasteiger partial charge in [-0.05, 0) is 48.0 Å². The van der Waals surface area contributed by atoms with Gasteiger partial charge in [-0.1, -0.05) is 41.9 Å². The summed E-state index contributed by atoms with van der Waals surface area (Å²) in [7, 11) is 0. The van der Waals surface area contributed by atoms with Crippen LogP contribution in [0.3, 0.4) is 0 Å². The molecule has 0 unspecified atom stereocenters. The van der Waals surface area contributed by atoms with Crippen LogP contribution in [0.15, 0.2) is 77.8 Å². The normalized spacial score (nSPS) is 11.1. The van der Waals surface area contributed by atoms with Gasteiger partial charge in [0.1, 0.15) is 10.6 Å². The minimum absolute atomic E-state index is 0.125. The maximum Gasteiger partial charge on any atom is 0.355 e. The Bertz CT molecular complexity index is 1280. The third kappa shape index (κ3) is 4.10. The first-order chi connectivity index (χ1) is 14.5. The molecule has 0 radical (unpaired) electrons. The van der Waals surface area contributed by atoms with Crippen molar-refractivity contribution >= 4 is 56.9 Å². The van der Waals surface area contributed by atoms with E-state index < -0.39 is 11.9 Å². The summed E-state index contributed by atoms with van der Waals surface area (Å²) in [5.41, 5.74) is 1.22. The number of halogens is 1. The summed E-state index contributed by atoms with van der Waals surface area (Å²) in [6.07, 6.45) is 1.55. The lowest BCUT2D eigenvalue weighted by Gasteiger charge is -2.04. The molecular weight excluding hydrogens is 422 g/mol. The molecule has 4 aromatic rings. The predicted molar refractivity (Wildman–Crippen MR) is 119 cm³/mol. The number of para-hydroxylation sites is 1. The highest BCUT2D eigenvalue weighted by Crippen LogP contribution is 2.35. The lowest BCUT2D eigenvalue weighted by atomic mass is 10.2. The fraction of sp³-hybridized carbons (Fsp3) is 0. The van der Waals surface area contributed by atoms with Crippen LogP contribution in [0.2, 0.25) is 5.02 Å². The average molecular weight is 436 g/mol. The maximum absolute atomic E-state index is 12.5. The molecule has 0 amide bonds. The van der Waals surface area contributed by atoms with Crippen LogP contribution in [0.1, 0.15) is 25.6 Å². The van der Waals surface area contributed by atoms with Crippen molar-refractivity contribution in [2.75, 3.05) is 0 Å². The molecule has 148 valence electrons. The van der Waals surface area contributed by atoms with Crippen LogP contribution in [-0.4, -0.2) is 23.3 Å². The van der Waals surface area contributed by atoms with Gasteiger partial charge in [0.15, 0.2) is 0 Å². The molecule has 0 spiro atoms. The summed E-state index contributed by atoms with van der Waals surface area (Å²) in [5, 5.41) is 10.4. The summed E-state index contributed by atoms with van der Waals surface area (Å²) >= 11 is 7.62. The quantitative estimate of drug-likeness (QED) is 0.229. The molecule has 0 aliphatic heterocycles. The van der Waals surface area contributed by atoms with Crippen LogP contribution < -0.4 is 4.74 Å². The number of thiophene rings is 1. The van der Waals surface area contributed by atoms with E-state index in [0.29, 0.717) is 21.3 Å². The molecule has 5 nitrogen and oxygen atoms in total. The number of aliphatic imine (C=N–C) groups is 1. The lowest BCUT2D eigenvalue weighted by Crippen LogP contribution is -2.06. The molecular formula is C23H14ClNO4S. The first-order valence-corrected chi connectivity index (χ1v) is 10.1. The maximum atomic E-state index is 12.5. The molecule has 0 aliphatic rings. The topological polar surface area (TPSA) is 76.0 Å². The summed E-state index contributed by atoms with van der Waals surface area (Å²) < 4.78 is 6.36. The molecule has 0 bridgehead atoms. The van der Waals surface area contributed by atoms with Gasteiger partial charge < -0.3 is 9.84 Å². The fourth-order valence-electron chi connectivity index (χ4n) is 2.83. The number of carboxylic acids is 1. The molecule has 3 aromatic carbocycles. The van der Waals surface area contributed by atoms with Crippen LogP contribution in [-0.2, 0) is 0 Å². The van der Waals surface area contributed by atoms with E-state index in [1.54, 1.807) is 48.7 Å². The SMILES string of the molecule is O=C(O)c1ccccc1N=Cc1ccc(OC(=O)c2sc3ccccc3c2Cl)cc1. The number of carboxylic acid groups (broad SMARTS) is 1. The number of aromatic carboxylic acids is 1. The van der Waals surface area contributed by atoms with Gasteiger partial charge in [0, 0.05) is 16.3 Å². The molecule has 0 aliphatic carbocycles. The predicted octanol–water partition coefficient (Wildman–Crippen LogP) is 6.22. The van der Waals surface area contributed by atoms with Crippen molar-refractivity contribution in [1.82, 2.24) is 0 Å². The first kappa shape index (κ1) is 19.8. The van der Waals surface area contributed by atoms with Crippen molar-refractivity contribution in [3.05, 3.63) is 93.8 Å². The molecule has 30 heavy (non-hydrogen) atoms. The first-order valence-electron chi connectivity index (χ1n) is 8.88. The van der Waals surface area contributed by atoms with E-state index in [1.165, 1.54) is 17.4 Å². The number of rotatable bonds is 5. The van der Waals surface area contributed by atoms with Gasteiger partial charge in [0.25, 0.3) is 0 Å². The van der Waals surface area contributed by atoms with Crippen LogP contribution >= 0.6 is 22.9 Å². The number of carbonyl (C=O) groups excluding carboxylic acids is 1. The van der Waals surface area contributed by atoms with Crippen molar-refractivity contribution in [3.63, 3.8) is 0 Å². The minimum Gasteiger partial charge on any atom is -0.478 e. The van der Waals surface area contributed by atoms with Gasteiger partial charge in [-0.2, -0.15) is 0 Å². The zero-order valence-electron chi connectivity index (χ0n) is 15.4. The zero-order chi connectivity index (χ0) is 21.1. The number of nitrogens with zero attached hydrogens (tertiary/aromatic N) is 1. The molecule has 1 N–H and O–H groups in total. The van der Waals surface area contributed by atoms with Gasteiger partial charge in [0.2, 0.25) is 0 Å². The van der Waals surface area contributed by atoms with E-state index in [2.05, 4.69) is 4.99 Å². The van der Waals surface area contributed by atoms with Gasteiger partial charge in [-0.25, -0.2) is 9.59 Å². The molecule has 0 saturated carbocycles. The number of hydrogen-bond donors (Lipinski definition) is 1. The van der Waals surface area contributed by atoms with Crippen molar-refractivity contribution in [2.24, 2.45) is 4.99 Å². The molecule has 1 heterocycles. The van der Waals surface area contributed by atoms with Crippen molar-refractivity contribution in [1.29, 1.82) is 0 Å². The highest BCUT2D eigenvalue weighted by Gasteiger charge is 2.18. The Morgan fingerprint density at radius 2 is 1.67 bits per heavy atom. The third-order valence-corrected chi connectivity index (χ3v) is 5.95. The van der Waals surface area contributed by atoms with Gasteiger partial charge in [-0.3, -0.25) is 4.99 Å². The molecule has 7 heteroatoms. The Kier molecular flexibility index (Phi) is 5.61. The van der Waals surface area contributed by atoms with Gasteiger partial charge in [-0.15, -0.1) is 11.3 Å². The Hall–Kier alpha value is -3.48. The zero-order valence-corrected chi connectivity index (χ0v) is 17.0. The summed E-state index contributed by atoms with van der Waals surface area (Å²) in [6, 6.07) is 20.7. The molecule has 4 rings (SSSR count). The van der Waals surface area contributed by atoms with Crippen LogP contribution in [0.5, 0.6) is 5.75 Å². The molecule has 1 aromatic heterocycles. The van der Waals surface area contributed by atoms with E-state index in [-0.39, 0.29) is 5.56 Å². The number of benzene rings is 3. The number of carbonyl (C=O) groups is 2. The highest BCUT2D eigenvalue weighted by atomic mass is 35.5. The standard InChI is InChI=1S/C23H14ClNO4S/c24-20-17-6-2-4-8-19(17)30-21(20)23(28)29-15-11-9-14(10-12-15)13-25-18-7-3-1-5-16(18)22(26)27/h1-13H,(H,26,27). The molecule has 0 fully saturated rings. The summed E-state index contributed by atoms with van der Waals surface area (Å²) in [5.74, 6) is -1.18. The molecule has 0 atom stereocenters. The Morgan fingerprint density at radius 1 is 0.967 bits per heavy atom. The van der Waals surface area contributed by atoms with Gasteiger partial charge >= 0.3 is 11.9 Å². The lowest BCUT2D eigenvalue weighted by molar-refractivity contribution is 0.0695. The average Bonchev–Trinajstić information content (AvgIpc) is 3.10. The van der Waals surface area contributed by atoms with E-state index in [1.807, 2.05) is 24.3 Å². The van der Waals surface area contributed by atoms with Crippen LogP contribution in [0.4, 0.5) is 5.69 Å². The Morgan fingerprint density at radius 3 is 2.40 bits per heavy atom. The smallest absolute Gasteiger partial charge is 0.355 e. The second-order valence-corrected chi connectivity index (χ2v) is 7.71. The highest BCUT2D eigenvalue weighted by molar-refractivity contribution is 7.21. The number of hydrogen-bond acceptors (Lipinski definition) is 5.